The fourth-order valence-electron chi connectivity index (χ4n) is 1.32. The van der Waals surface area contributed by atoms with Crippen molar-refractivity contribution in [3.8, 4) is 0 Å². The molecule has 114 valence electrons. The lowest BCUT2D eigenvalue weighted by Gasteiger charge is -2.07. The van der Waals surface area contributed by atoms with Gasteiger partial charge in [0.15, 0.2) is 12.2 Å². The zero-order valence-corrected chi connectivity index (χ0v) is 10.7. The van der Waals surface area contributed by atoms with E-state index in [9.17, 15) is 14.4 Å². The molecular weight excluding hydrogens is 274 g/mol. The van der Waals surface area contributed by atoms with Gasteiger partial charge in [0, 0.05) is 6.04 Å². The van der Waals surface area contributed by atoms with Crippen LogP contribution in [0.5, 0.6) is 0 Å². The van der Waals surface area contributed by atoms with Crippen LogP contribution in [0.4, 0.5) is 0 Å². The number of aliphatic hydroxyl groups is 2. The maximum absolute atomic E-state index is 10.8. The molecule has 0 aromatic carbocycles. The number of hydrogen-bond donors (Lipinski definition) is 5. The maximum atomic E-state index is 10.8. The van der Waals surface area contributed by atoms with E-state index in [1.54, 1.807) is 6.08 Å². The summed E-state index contributed by atoms with van der Waals surface area (Å²) in [5.74, 6) is -3.84. The number of carbonyl (C=O) groups excluding carboxylic acids is 1. The summed E-state index contributed by atoms with van der Waals surface area (Å²) < 4.78 is 4.54. The van der Waals surface area contributed by atoms with Gasteiger partial charge in [-0.15, -0.1) is 0 Å². The molecule has 1 rings (SSSR count). The number of ether oxygens (including phenoxy) is 1. The maximum Gasteiger partial charge on any atom is 0.335 e. The molecule has 0 aromatic heterocycles. The van der Waals surface area contributed by atoms with Gasteiger partial charge in [0.05, 0.1) is 13.0 Å². The van der Waals surface area contributed by atoms with Crippen molar-refractivity contribution in [2.24, 2.45) is 11.7 Å². The predicted octanol–water partition coefficient (Wildman–Crippen LogP) is -2.06. The Morgan fingerprint density at radius 1 is 1.15 bits per heavy atom. The summed E-state index contributed by atoms with van der Waals surface area (Å²) in [6.45, 7) is 0. The van der Waals surface area contributed by atoms with E-state index in [0.717, 1.165) is 0 Å². The topological polar surface area (TPSA) is 167 Å². The third-order valence-corrected chi connectivity index (χ3v) is 2.43. The number of aliphatic hydroxyl groups excluding tert-OH is 2. The van der Waals surface area contributed by atoms with Crippen molar-refractivity contribution >= 4 is 17.9 Å². The Morgan fingerprint density at radius 2 is 1.60 bits per heavy atom. The molecule has 4 atom stereocenters. The first-order valence-electron chi connectivity index (χ1n) is 5.54. The summed E-state index contributed by atoms with van der Waals surface area (Å²) in [4.78, 5) is 30.4. The lowest BCUT2D eigenvalue weighted by atomic mass is 10.1. The standard InChI is InChI=1S/C7H11NO2.C4H6O6/c1-10-7(9)5-2-3-6(8)4-5;5-1(3(7)8)2(6)4(9)10/h2-3,5-6H,4,8H2,1H3;1-2,5-6H,(H,7,8)(H,9,10)/t5-,6+;/m1./s1. The van der Waals surface area contributed by atoms with Crippen LogP contribution in [0.25, 0.3) is 0 Å². The van der Waals surface area contributed by atoms with Crippen molar-refractivity contribution < 1.29 is 39.5 Å². The highest BCUT2D eigenvalue weighted by Gasteiger charge is 2.29. The molecule has 0 saturated heterocycles. The van der Waals surface area contributed by atoms with E-state index in [4.69, 9.17) is 26.2 Å². The van der Waals surface area contributed by atoms with E-state index in [2.05, 4.69) is 4.74 Å². The fourth-order valence-corrected chi connectivity index (χ4v) is 1.32. The van der Waals surface area contributed by atoms with Crippen molar-refractivity contribution in [1.29, 1.82) is 0 Å². The molecule has 2 unspecified atom stereocenters. The molecule has 1 aliphatic carbocycles. The molecular formula is C11H17NO8. The van der Waals surface area contributed by atoms with Gasteiger partial charge in [-0.25, -0.2) is 9.59 Å². The lowest BCUT2D eigenvalue weighted by molar-refractivity contribution is -0.165. The van der Waals surface area contributed by atoms with Gasteiger partial charge in [-0.05, 0) is 6.42 Å². The first kappa shape index (κ1) is 18.0. The monoisotopic (exact) mass is 291 g/mol. The quantitative estimate of drug-likeness (QED) is 0.289. The van der Waals surface area contributed by atoms with E-state index in [1.807, 2.05) is 6.08 Å². The second kappa shape index (κ2) is 8.25. The molecule has 9 heteroatoms. The second-order valence-electron chi connectivity index (χ2n) is 3.98. The largest absolute Gasteiger partial charge is 0.479 e. The van der Waals surface area contributed by atoms with Gasteiger partial charge in [0.2, 0.25) is 0 Å². The van der Waals surface area contributed by atoms with Gasteiger partial charge >= 0.3 is 17.9 Å². The van der Waals surface area contributed by atoms with E-state index in [1.165, 1.54) is 7.11 Å². The highest BCUT2D eigenvalue weighted by atomic mass is 16.5. The van der Waals surface area contributed by atoms with Gasteiger partial charge in [-0.1, -0.05) is 12.2 Å². The lowest BCUT2D eigenvalue weighted by Crippen LogP contribution is -2.39. The second-order valence-corrected chi connectivity index (χ2v) is 3.98. The number of rotatable bonds is 4. The summed E-state index contributed by atoms with van der Waals surface area (Å²) in [5, 5.41) is 32.5. The molecule has 0 radical (unpaired) electrons. The van der Waals surface area contributed by atoms with Crippen LogP contribution in [-0.4, -0.2) is 63.7 Å². The number of carboxylic acids is 2. The first-order chi connectivity index (χ1) is 9.20. The minimum absolute atomic E-state index is 0.0316. The Morgan fingerprint density at radius 3 is 1.85 bits per heavy atom. The van der Waals surface area contributed by atoms with Crippen LogP contribution in [0.3, 0.4) is 0 Å². The number of esters is 1. The van der Waals surface area contributed by atoms with E-state index < -0.39 is 24.1 Å². The van der Waals surface area contributed by atoms with Crippen LogP contribution in [0.15, 0.2) is 12.2 Å². The summed E-state index contributed by atoms with van der Waals surface area (Å²) in [6.07, 6.45) is -0.208. The van der Waals surface area contributed by atoms with E-state index in [0.29, 0.717) is 6.42 Å². The van der Waals surface area contributed by atoms with Crippen molar-refractivity contribution in [3.05, 3.63) is 12.2 Å². The van der Waals surface area contributed by atoms with Crippen molar-refractivity contribution in [1.82, 2.24) is 0 Å². The molecule has 0 saturated carbocycles. The molecule has 0 spiro atoms. The molecule has 6 N–H and O–H groups in total. The van der Waals surface area contributed by atoms with Crippen LogP contribution in [-0.2, 0) is 19.1 Å². The number of nitrogens with two attached hydrogens (primary N) is 1. The normalized spacial score (nSPS) is 23.2. The smallest absolute Gasteiger partial charge is 0.335 e. The molecule has 0 aromatic rings. The minimum atomic E-state index is -2.27. The molecule has 0 amide bonds. The predicted molar refractivity (Wildman–Crippen MR) is 64.5 cm³/mol. The molecule has 1 aliphatic rings. The summed E-state index contributed by atoms with van der Waals surface area (Å²) >= 11 is 0. The Kier molecular flexibility index (Phi) is 7.44. The zero-order valence-electron chi connectivity index (χ0n) is 10.7. The van der Waals surface area contributed by atoms with Gasteiger partial charge in [-0.2, -0.15) is 0 Å². The molecule has 0 heterocycles. The Hall–Kier alpha value is -1.97. The molecule has 0 bridgehead atoms. The highest BCUT2D eigenvalue weighted by Crippen LogP contribution is 2.16. The summed E-state index contributed by atoms with van der Waals surface area (Å²) in [5.41, 5.74) is 5.52. The highest BCUT2D eigenvalue weighted by molar-refractivity contribution is 5.83. The number of carboxylic acid groups (broad SMARTS) is 2. The number of aliphatic carboxylic acids is 2. The average Bonchev–Trinajstić information content (AvgIpc) is 2.83. The van der Waals surface area contributed by atoms with Crippen LogP contribution < -0.4 is 5.73 Å². The van der Waals surface area contributed by atoms with Crippen molar-refractivity contribution in [2.45, 2.75) is 24.7 Å². The van der Waals surface area contributed by atoms with Gasteiger partial charge < -0.3 is 30.9 Å². The van der Waals surface area contributed by atoms with Gasteiger partial charge in [-0.3, -0.25) is 4.79 Å². The van der Waals surface area contributed by atoms with Crippen molar-refractivity contribution in [2.75, 3.05) is 7.11 Å². The van der Waals surface area contributed by atoms with Crippen LogP contribution in [0.1, 0.15) is 6.42 Å². The Bertz CT molecular complexity index is 376. The average molecular weight is 291 g/mol. The fraction of sp³-hybridized carbons (Fsp3) is 0.545. The Labute approximate surface area is 114 Å². The first-order valence-corrected chi connectivity index (χ1v) is 5.54. The van der Waals surface area contributed by atoms with Crippen LogP contribution in [0, 0.1) is 5.92 Å². The number of methoxy groups -OCH3 is 1. The number of carbonyl (C=O) groups is 3. The minimum Gasteiger partial charge on any atom is -0.479 e. The van der Waals surface area contributed by atoms with E-state index >= 15 is 0 Å². The van der Waals surface area contributed by atoms with E-state index in [-0.39, 0.29) is 17.9 Å². The number of hydrogen-bond acceptors (Lipinski definition) is 7. The van der Waals surface area contributed by atoms with Gasteiger partial charge in [0.1, 0.15) is 0 Å². The SMILES string of the molecule is COC(=O)[C@@H]1C=C[C@H](N)C1.O=C(O)C(O)C(O)C(=O)O. The third kappa shape index (κ3) is 5.78. The zero-order chi connectivity index (χ0) is 15.9. The summed E-state index contributed by atoms with van der Waals surface area (Å²) in [7, 11) is 1.39. The molecule has 20 heavy (non-hydrogen) atoms. The molecule has 0 fully saturated rings. The third-order valence-electron chi connectivity index (χ3n) is 2.43. The Balaban J connectivity index is 0.000000361. The molecule has 0 aliphatic heterocycles. The van der Waals surface area contributed by atoms with Gasteiger partial charge in [0.25, 0.3) is 0 Å². The van der Waals surface area contributed by atoms with Crippen LogP contribution in [0.2, 0.25) is 0 Å². The summed E-state index contributed by atoms with van der Waals surface area (Å²) in [6, 6.07) is 0.0316. The van der Waals surface area contributed by atoms with Crippen LogP contribution >= 0.6 is 0 Å². The molecule has 9 nitrogen and oxygen atoms in total. The van der Waals surface area contributed by atoms with Crippen molar-refractivity contribution in [3.63, 3.8) is 0 Å².